The summed E-state index contributed by atoms with van der Waals surface area (Å²) in [5, 5.41) is 9.34. The van der Waals surface area contributed by atoms with E-state index in [1.54, 1.807) is 12.1 Å². The largest absolute Gasteiger partial charge is 0.478 e. The SMILES string of the molecule is Cc1ccc(C2=CCC(C)(C)c3ccc(/C(=C\[Si](C)(C)C)c4ccc(C(=O)O)cc4)cc32)cc1. The summed E-state index contributed by atoms with van der Waals surface area (Å²) in [5.41, 5.74) is 12.7. The zero-order valence-corrected chi connectivity index (χ0v) is 22.1. The van der Waals surface area contributed by atoms with E-state index in [2.05, 4.69) is 94.7 Å². The van der Waals surface area contributed by atoms with E-state index >= 15 is 0 Å². The van der Waals surface area contributed by atoms with Gasteiger partial charge >= 0.3 is 5.97 Å². The van der Waals surface area contributed by atoms with Crippen LogP contribution in [0.2, 0.25) is 19.6 Å². The van der Waals surface area contributed by atoms with E-state index in [1.165, 1.54) is 39.0 Å². The predicted octanol–water partition coefficient (Wildman–Crippen LogP) is 8.12. The van der Waals surface area contributed by atoms with E-state index < -0.39 is 14.0 Å². The van der Waals surface area contributed by atoms with Crippen LogP contribution in [-0.2, 0) is 5.41 Å². The van der Waals surface area contributed by atoms with Gasteiger partial charge in [-0.1, -0.05) is 99.4 Å². The van der Waals surface area contributed by atoms with Gasteiger partial charge in [-0.2, -0.15) is 0 Å². The van der Waals surface area contributed by atoms with Gasteiger partial charge in [-0.15, -0.1) is 0 Å². The fraction of sp³-hybridized carbons (Fsp3) is 0.258. The molecule has 0 spiro atoms. The summed E-state index contributed by atoms with van der Waals surface area (Å²) in [5.74, 6) is -0.897. The van der Waals surface area contributed by atoms with Crippen molar-refractivity contribution in [3.8, 4) is 0 Å². The first kappa shape index (κ1) is 24.0. The Labute approximate surface area is 204 Å². The summed E-state index contributed by atoms with van der Waals surface area (Å²) in [7, 11) is -1.57. The Kier molecular flexibility index (Phi) is 6.26. The van der Waals surface area contributed by atoms with Crippen LogP contribution in [0.15, 0.2) is 78.5 Å². The topological polar surface area (TPSA) is 37.3 Å². The maximum absolute atomic E-state index is 11.4. The number of hydrogen-bond donors (Lipinski definition) is 1. The van der Waals surface area contributed by atoms with E-state index in [4.69, 9.17) is 0 Å². The van der Waals surface area contributed by atoms with Crippen LogP contribution >= 0.6 is 0 Å². The van der Waals surface area contributed by atoms with Gasteiger partial charge in [0.25, 0.3) is 0 Å². The molecule has 174 valence electrons. The number of hydrogen-bond acceptors (Lipinski definition) is 1. The Balaban J connectivity index is 1.89. The molecule has 0 unspecified atom stereocenters. The van der Waals surface area contributed by atoms with Crippen molar-refractivity contribution in [1.82, 2.24) is 0 Å². The Morgan fingerprint density at radius 1 is 0.882 bits per heavy atom. The Morgan fingerprint density at radius 3 is 2.06 bits per heavy atom. The first-order valence-corrected chi connectivity index (χ1v) is 15.5. The highest BCUT2D eigenvalue weighted by molar-refractivity contribution is 6.81. The van der Waals surface area contributed by atoms with Crippen LogP contribution in [0.1, 0.15) is 64.0 Å². The highest BCUT2D eigenvalue weighted by Crippen LogP contribution is 2.43. The van der Waals surface area contributed by atoms with E-state index in [1.807, 2.05) is 12.1 Å². The Morgan fingerprint density at radius 2 is 1.47 bits per heavy atom. The number of carboxylic acids is 1. The van der Waals surface area contributed by atoms with E-state index in [-0.39, 0.29) is 5.41 Å². The summed E-state index contributed by atoms with van der Waals surface area (Å²) in [4.78, 5) is 11.4. The number of allylic oxidation sites excluding steroid dienone is 1. The van der Waals surface area contributed by atoms with Crippen molar-refractivity contribution >= 4 is 25.2 Å². The fourth-order valence-electron chi connectivity index (χ4n) is 4.67. The second-order valence-corrected chi connectivity index (χ2v) is 16.2. The van der Waals surface area contributed by atoms with E-state index in [0.717, 1.165) is 12.0 Å². The molecule has 0 aromatic heterocycles. The van der Waals surface area contributed by atoms with Crippen molar-refractivity contribution < 1.29 is 9.90 Å². The summed E-state index contributed by atoms with van der Waals surface area (Å²) >= 11 is 0. The minimum atomic E-state index is -1.57. The minimum Gasteiger partial charge on any atom is -0.478 e. The maximum Gasteiger partial charge on any atom is 0.335 e. The average molecular weight is 467 g/mol. The molecular weight excluding hydrogens is 432 g/mol. The van der Waals surface area contributed by atoms with Crippen LogP contribution < -0.4 is 0 Å². The molecule has 0 bridgehead atoms. The molecule has 0 radical (unpaired) electrons. The molecule has 1 N–H and O–H groups in total. The van der Waals surface area contributed by atoms with Gasteiger partial charge in [0.1, 0.15) is 0 Å². The van der Waals surface area contributed by atoms with Crippen LogP contribution in [0.3, 0.4) is 0 Å². The lowest BCUT2D eigenvalue weighted by Gasteiger charge is -2.33. The van der Waals surface area contributed by atoms with Crippen LogP contribution in [-0.4, -0.2) is 19.1 Å². The molecule has 0 saturated carbocycles. The first-order valence-electron chi connectivity index (χ1n) is 11.9. The van der Waals surface area contributed by atoms with E-state index in [9.17, 15) is 9.90 Å². The van der Waals surface area contributed by atoms with Gasteiger partial charge < -0.3 is 5.11 Å². The van der Waals surface area contributed by atoms with Crippen molar-refractivity contribution in [2.45, 2.75) is 52.2 Å². The lowest BCUT2D eigenvalue weighted by atomic mass is 9.71. The minimum absolute atomic E-state index is 0.0772. The van der Waals surface area contributed by atoms with Gasteiger partial charge in [-0.25, -0.2) is 4.79 Å². The number of carbonyl (C=O) groups is 1. The summed E-state index contributed by atoms with van der Waals surface area (Å²) < 4.78 is 0. The van der Waals surface area contributed by atoms with Crippen LogP contribution in [0.5, 0.6) is 0 Å². The molecule has 2 nitrogen and oxygen atoms in total. The lowest BCUT2D eigenvalue weighted by molar-refractivity contribution is 0.0697. The standard InChI is InChI=1S/C31H34O2Si/c1-21-7-9-22(10-8-21)26-17-18-31(2,3)29-16-15-25(19-27(26)29)28(20-34(4,5)6)23-11-13-24(14-12-23)30(32)33/h7-17,19-20H,18H2,1-6H3,(H,32,33)/b28-20-. The predicted molar refractivity (Wildman–Crippen MR) is 146 cm³/mol. The highest BCUT2D eigenvalue weighted by atomic mass is 28.3. The number of carboxylic acid groups (broad SMARTS) is 1. The van der Waals surface area contributed by atoms with Crippen LogP contribution in [0, 0.1) is 6.92 Å². The molecule has 0 fully saturated rings. The number of rotatable bonds is 5. The third kappa shape index (κ3) is 5.00. The molecule has 4 rings (SSSR count). The van der Waals surface area contributed by atoms with Crippen molar-refractivity contribution in [1.29, 1.82) is 0 Å². The second kappa shape index (κ2) is 8.88. The number of benzene rings is 3. The second-order valence-electron chi connectivity index (χ2n) is 11.1. The highest BCUT2D eigenvalue weighted by Gasteiger charge is 2.29. The maximum atomic E-state index is 11.4. The van der Waals surface area contributed by atoms with Gasteiger partial charge in [0.15, 0.2) is 0 Å². The molecule has 0 saturated heterocycles. The Bertz CT molecular complexity index is 1280. The summed E-state index contributed by atoms with van der Waals surface area (Å²) in [6.07, 6.45) is 3.40. The van der Waals surface area contributed by atoms with E-state index in [0.29, 0.717) is 5.56 Å². The monoisotopic (exact) mass is 466 g/mol. The third-order valence-electron chi connectivity index (χ3n) is 6.55. The van der Waals surface area contributed by atoms with Gasteiger partial charge in [0.05, 0.1) is 13.6 Å². The molecular formula is C31H34O2Si. The molecule has 0 amide bonds. The molecule has 3 heteroatoms. The average Bonchev–Trinajstić information content (AvgIpc) is 2.78. The molecule has 3 aromatic rings. The van der Waals surface area contributed by atoms with Crippen molar-refractivity contribution in [2.24, 2.45) is 0 Å². The van der Waals surface area contributed by atoms with Crippen molar-refractivity contribution in [3.05, 3.63) is 117 Å². The molecule has 3 aromatic carbocycles. The van der Waals surface area contributed by atoms with Gasteiger partial charge in [-0.3, -0.25) is 0 Å². The van der Waals surface area contributed by atoms with Crippen LogP contribution in [0.25, 0.3) is 11.1 Å². The number of fused-ring (bicyclic) bond motifs is 1. The van der Waals surface area contributed by atoms with Crippen LogP contribution in [0.4, 0.5) is 0 Å². The normalized spacial score (nSPS) is 15.5. The van der Waals surface area contributed by atoms with Crippen molar-refractivity contribution in [2.75, 3.05) is 0 Å². The quantitative estimate of drug-likeness (QED) is 0.386. The molecule has 0 aliphatic heterocycles. The van der Waals surface area contributed by atoms with Gasteiger partial charge in [-0.05, 0) is 75.9 Å². The Hall–Kier alpha value is -3.17. The van der Waals surface area contributed by atoms with Gasteiger partial charge in [0, 0.05) is 0 Å². The number of aromatic carboxylic acids is 1. The first-order chi connectivity index (χ1) is 15.9. The molecule has 0 heterocycles. The molecule has 0 atom stereocenters. The molecule has 1 aliphatic rings. The number of aryl methyl sites for hydroxylation is 1. The fourth-order valence-corrected chi connectivity index (χ4v) is 5.87. The molecule has 1 aliphatic carbocycles. The third-order valence-corrected chi connectivity index (χ3v) is 7.70. The smallest absolute Gasteiger partial charge is 0.335 e. The van der Waals surface area contributed by atoms with Gasteiger partial charge in [0.2, 0.25) is 0 Å². The van der Waals surface area contributed by atoms with Crippen molar-refractivity contribution in [3.63, 3.8) is 0 Å². The zero-order chi connectivity index (χ0) is 24.7. The molecule has 34 heavy (non-hydrogen) atoms. The summed E-state index contributed by atoms with van der Waals surface area (Å²) in [6, 6.07) is 23.0. The zero-order valence-electron chi connectivity index (χ0n) is 21.1. The summed E-state index contributed by atoms with van der Waals surface area (Å²) in [6.45, 7) is 13.7. The lowest BCUT2D eigenvalue weighted by Crippen LogP contribution is -2.22.